The van der Waals surface area contributed by atoms with Crippen molar-refractivity contribution in [2.75, 3.05) is 26.9 Å². The molecular formula is C14H21F3O5. The minimum absolute atomic E-state index is 0.129. The summed E-state index contributed by atoms with van der Waals surface area (Å²) in [5.74, 6) is -1.77. The summed E-state index contributed by atoms with van der Waals surface area (Å²) in [6, 6.07) is 0. The lowest BCUT2D eigenvalue weighted by molar-refractivity contribution is -0.236. The van der Waals surface area contributed by atoms with Gasteiger partial charge in [0.05, 0.1) is 19.8 Å². The van der Waals surface area contributed by atoms with Crippen molar-refractivity contribution < 1.29 is 36.9 Å². The molecule has 1 aliphatic heterocycles. The maximum absolute atomic E-state index is 12.1. The highest BCUT2D eigenvalue weighted by Crippen LogP contribution is 2.33. The molecule has 5 nitrogen and oxygen atoms in total. The van der Waals surface area contributed by atoms with Gasteiger partial charge in [0.15, 0.2) is 6.29 Å². The van der Waals surface area contributed by atoms with Gasteiger partial charge in [-0.05, 0) is 25.7 Å². The van der Waals surface area contributed by atoms with Gasteiger partial charge in [0, 0.05) is 18.9 Å². The van der Waals surface area contributed by atoms with Crippen LogP contribution < -0.4 is 0 Å². The molecule has 1 heterocycles. The van der Waals surface area contributed by atoms with Gasteiger partial charge in [0.1, 0.15) is 6.10 Å². The third kappa shape index (κ3) is 4.82. The number of alkyl halides is 3. The van der Waals surface area contributed by atoms with E-state index >= 15 is 0 Å². The first kappa shape index (κ1) is 17.5. The van der Waals surface area contributed by atoms with Crippen LogP contribution in [-0.2, 0) is 23.7 Å². The minimum atomic E-state index is -4.93. The van der Waals surface area contributed by atoms with Crippen molar-refractivity contribution in [3.63, 3.8) is 0 Å². The molecule has 0 aromatic carbocycles. The van der Waals surface area contributed by atoms with Crippen molar-refractivity contribution in [3.8, 4) is 0 Å². The van der Waals surface area contributed by atoms with Crippen molar-refractivity contribution in [2.45, 2.75) is 44.3 Å². The van der Waals surface area contributed by atoms with Crippen LogP contribution in [0.4, 0.5) is 13.2 Å². The smallest absolute Gasteiger partial charge is 0.456 e. The van der Waals surface area contributed by atoms with E-state index in [0.717, 1.165) is 0 Å². The van der Waals surface area contributed by atoms with Crippen LogP contribution >= 0.6 is 0 Å². The van der Waals surface area contributed by atoms with Crippen LogP contribution in [-0.4, -0.2) is 51.5 Å². The molecule has 1 aliphatic carbocycles. The Morgan fingerprint density at radius 1 is 1.14 bits per heavy atom. The molecule has 0 amide bonds. The van der Waals surface area contributed by atoms with E-state index in [0.29, 0.717) is 45.5 Å². The quantitative estimate of drug-likeness (QED) is 0.742. The second-order valence-electron chi connectivity index (χ2n) is 5.80. The molecule has 2 aliphatic rings. The summed E-state index contributed by atoms with van der Waals surface area (Å²) in [6.07, 6.45) is -3.88. The lowest BCUT2D eigenvalue weighted by atomic mass is 9.86. The number of halogens is 3. The Labute approximate surface area is 127 Å². The molecule has 1 saturated heterocycles. The molecule has 22 heavy (non-hydrogen) atoms. The maximum Gasteiger partial charge on any atom is 0.490 e. The number of ether oxygens (including phenoxy) is 4. The van der Waals surface area contributed by atoms with E-state index in [9.17, 15) is 18.0 Å². The third-order valence-corrected chi connectivity index (χ3v) is 4.00. The average Bonchev–Trinajstić information content (AvgIpc) is 2.48. The van der Waals surface area contributed by atoms with E-state index in [-0.39, 0.29) is 18.1 Å². The van der Waals surface area contributed by atoms with Crippen molar-refractivity contribution in [2.24, 2.45) is 11.8 Å². The zero-order valence-corrected chi connectivity index (χ0v) is 12.4. The van der Waals surface area contributed by atoms with Crippen molar-refractivity contribution >= 4 is 5.97 Å². The molecule has 0 bridgehead atoms. The van der Waals surface area contributed by atoms with Gasteiger partial charge in [-0.2, -0.15) is 13.2 Å². The zero-order chi connectivity index (χ0) is 16.2. The largest absolute Gasteiger partial charge is 0.490 e. The van der Waals surface area contributed by atoms with Crippen LogP contribution in [0.5, 0.6) is 0 Å². The van der Waals surface area contributed by atoms with Gasteiger partial charge in [-0.3, -0.25) is 0 Å². The van der Waals surface area contributed by atoms with Gasteiger partial charge in [0.25, 0.3) is 0 Å². The van der Waals surface area contributed by atoms with Crippen LogP contribution in [0, 0.1) is 11.8 Å². The number of hydrogen-bond donors (Lipinski definition) is 0. The lowest BCUT2D eigenvalue weighted by Crippen LogP contribution is -2.41. The van der Waals surface area contributed by atoms with Crippen LogP contribution in [0.15, 0.2) is 0 Å². The fraction of sp³-hybridized carbons (Fsp3) is 0.929. The van der Waals surface area contributed by atoms with Crippen LogP contribution in [0.3, 0.4) is 0 Å². The molecule has 1 saturated carbocycles. The zero-order valence-electron chi connectivity index (χ0n) is 12.4. The van der Waals surface area contributed by atoms with Crippen molar-refractivity contribution in [1.82, 2.24) is 0 Å². The highest BCUT2D eigenvalue weighted by molar-refractivity contribution is 5.75. The first-order valence-electron chi connectivity index (χ1n) is 7.40. The Hall–Kier alpha value is -0.860. The summed E-state index contributed by atoms with van der Waals surface area (Å²) in [5, 5.41) is 0. The maximum atomic E-state index is 12.1. The summed E-state index contributed by atoms with van der Waals surface area (Å²) in [6.45, 7) is 1.69. The number of carbonyl (C=O) groups is 1. The van der Waals surface area contributed by atoms with Crippen molar-refractivity contribution in [1.29, 1.82) is 0 Å². The highest BCUT2D eigenvalue weighted by atomic mass is 19.4. The summed E-state index contributed by atoms with van der Waals surface area (Å²) in [4.78, 5) is 10.8. The second-order valence-corrected chi connectivity index (χ2v) is 5.80. The molecule has 8 heteroatoms. The average molecular weight is 326 g/mol. The van der Waals surface area contributed by atoms with E-state index in [4.69, 9.17) is 14.2 Å². The normalized spacial score (nSPS) is 33.5. The molecule has 0 aromatic rings. The predicted molar refractivity (Wildman–Crippen MR) is 69.0 cm³/mol. The monoisotopic (exact) mass is 326 g/mol. The van der Waals surface area contributed by atoms with E-state index in [1.807, 2.05) is 0 Å². The standard InChI is InChI=1S/C14H21F3O5/c1-19-6-9-7-20-12(21-8-9)10-2-4-11(5-3-10)22-13(18)14(15,16)17/h9-12H,2-8H2,1H3. The Kier molecular flexibility index (Phi) is 6.05. The molecule has 128 valence electrons. The molecular weight excluding hydrogens is 305 g/mol. The van der Waals surface area contributed by atoms with E-state index < -0.39 is 18.2 Å². The van der Waals surface area contributed by atoms with Crippen molar-refractivity contribution in [3.05, 3.63) is 0 Å². The van der Waals surface area contributed by atoms with Crippen LogP contribution in [0.1, 0.15) is 25.7 Å². The second kappa shape index (κ2) is 7.61. The number of carbonyl (C=O) groups excluding carboxylic acids is 1. The Bertz CT molecular complexity index is 358. The summed E-state index contributed by atoms with van der Waals surface area (Å²) < 4.78 is 57.3. The summed E-state index contributed by atoms with van der Waals surface area (Å²) in [5.41, 5.74) is 0. The van der Waals surface area contributed by atoms with Crippen LogP contribution in [0.25, 0.3) is 0 Å². The molecule has 0 spiro atoms. The lowest BCUT2D eigenvalue weighted by Gasteiger charge is -2.37. The molecule has 0 atom stereocenters. The summed E-state index contributed by atoms with van der Waals surface area (Å²) in [7, 11) is 1.62. The number of esters is 1. The predicted octanol–water partition coefficient (Wildman–Crippen LogP) is 2.29. The van der Waals surface area contributed by atoms with Gasteiger partial charge in [-0.1, -0.05) is 0 Å². The van der Waals surface area contributed by atoms with E-state index in [1.54, 1.807) is 7.11 Å². The number of hydrogen-bond acceptors (Lipinski definition) is 5. The van der Waals surface area contributed by atoms with E-state index in [1.165, 1.54) is 0 Å². The SMILES string of the molecule is COCC1COC(C2CCC(OC(=O)C(F)(F)F)CC2)OC1. The fourth-order valence-corrected chi connectivity index (χ4v) is 2.86. The van der Waals surface area contributed by atoms with Gasteiger partial charge >= 0.3 is 12.1 Å². The molecule has 2 rings (SSSR count). The summed E-state index contributed by atoms with van der Waals surface area (Å²) >= 11 is 0. The van der Waals surface area contributed by atoms with E-state index in [2.05, 4.69) is 4.74 Å². The number of rotatable bonds is 4. The molecule has 0 unspecified atom stereocenters. The van der Waals surface area contributed by atoms with Gasteiger partial charge in [-0.15, -0.1) is 0 Å². The minimum Gasteiger partial charge on any atom is -0.456 e. The molecule has 2 fully saturated rings. The molecule has 0 N–H and O–H groups in total. The number of methoxy groups -OCH3 is 1. The van der Waals surface area contributed by atoms with Gasteiger partial charge in [0.2, 0.25) is 0 Å². The first-order chi connectivity index (χ1) is 10.4. The molecule has 0 radical (unpaired) electrons. The first-order valence-corrected chi connectivity index (χ1v) is 7.40. The molecule has 0 aromatic heterocycles. The topological polar surface area (TPSA) is 54.0 Å². The highest BCUT2D eigenvalue weighted by Gasteiger charge is 2.43. The third-order valence-electron chi connectivity index (χ3n) is 4.00. The van der Waals surface area contributed by atoms with Gasteiger partial charge in [-0.25, -0.2) is 4.79 Å². The van der Waals surface area contributed by atoms with Gasteiger partial charge < -0.3 is 18.9 Å². The fourth-order valence-electron chi connectivity index (χ4n) is 2.86. The Morgan fingerprint density at radius 2 is 1.73 bits per heavy atom. The Morgan fingerprint density at radius 3 is 2.23 bits per heavy atom. The Balaban J connectivity index is 1.70. The van der Waals surface area contributed by atoms with Crippen LogP contribution in [0.2, 0.25) is 0 Å².